The Labute approximate surface area is 188 Å². The van der Waals surface area contributed by atoms with Crippen LogP contribution < -0.4 is 0 Å². The molecular weight excluding hydrogens is 402 g/mol. The number of amides is 4. The van der Waals surface area contributed by atoms with Gasteiger partial charge < -0.3 is 9.80 Å². The van der Waals surface area contributed by atoms with Gasteiger partial charge in [0.25, 0.3) is 5.91 Å². The summed E-state index contributed by atoms with van der Waals surface area (Å²) in [5, 5.41) is 0. The van der Waals surface area contributed by atoms with Crippen LogP contribution >= 0.6 is 0 Å². The van der Waals surface area contributed by atoms with Gasteiger partial charge in [-0.05, 0) is 55.2 Å². The summed E-state index contributed by atoms with van der Waals surface area (Å²) in [5.74, 6) is 0.0390. The van der Waals surface area contributed by atoms with Gasteiger partial charge in [0.2, 0.25) is 5.91 Å². The number of fused-ring (bicyclic) bond motifs is 2. The molecular formula is C26H29N3O3. The van der Waals surface area contributed by atoms with Crippen molar-refractivity contribution < 1.29 is 14.4 Å². The minimum Gasteiger partial charge on any atom is -0.334 e. The summed E-state index contributed by atoms with van der Waals surface area (Å²) in [6.07, 6.45) is 3.54. The molecule has 166 valence electrons. The standard InChI is InChI=1S/C26H29N3O3/c1-18(20-12-13-20)28(16-19-8-4-3-5-9-19)23(30)17-29-24(31)26(27(2)25(29)32)15-14-21-10-6-7-11-22(21)26/h3-11,18,20H,12-17H2,1-2H3. The average Bonchev–Trinajstić information content (AvgIpc) is 3.57. The van der Waals surface area contributed by atoms with Gasteiger partial charge in [-0.3, -0.25) is 14.5 Å². The second kappa shape index (κ2) is 7.76. The van der Waals surface area contributed by atoms with Crippen molar-refractivity contribution in [3.63, 3.8) is 0 Å². The molecule has 1 heterocycles. The van der Waals surface area contributed by atoms with Crippen LogP contribution in [0.4, 0.5) is 4.79 Å². The van der Waals surface area contributed by atoms with Crippen LogP contribution in [0, 0.1) is 5.92 Å². The molecule has 3 aliphatic rings. The molecule has 6 heteroatoms. The molecule has 4 amide bonds. The molecule has 2 aromatic rings. The van der Waals surface area contributed by atoms with Gasteiger partial charge in [-0.25, -0.2) is 4.79 Å². The highest BCUT2D eigenvalue weighted by atomic mass is 16.2. The van der Waals surface area contributed by atoms with E-state index in [0.29, 0.717) is 18.9 Å². The number of rotatable bonds is 6. The van der Waals surface area contributed by atoms with Crippen molar-refractivity contribution in [1.82, 2.24) is 14.7 Å². The van der Waals surface area contributed by atoms with Crippen molar-refractivity contribution in [1.29, 1.82) is 0 Å². The third-order valence-electron chi connectivity index (χ3n) is 7.51. The molecule has 6 nitrogen and oxygen atoms in total. The summed E-state index contributed by atoms with van der Waals surface area (Å²) >= 11 is 0. The van der Waals surface area contributed by atoms with Crippen molar-refractivity contribution in [2.75, 3.05) is 13.6 Å². The number of nitrogens with zero attached hydrogens (tertiary/aromatic N) is 3. The van der Waals surface area contributed by atoms with Gasteiger partial charge in [0.1, 0.15) is 12.1 Å². The number of imide groups is 1. The van der Waals surface area contributed by atoms with Crippen LogP contribution in [0.1, 0.15) is 42.9 Å². The van der Waals surface area contributed by atoms with E-state index in [4.69, 9.17) is 0 Å². The van der Waals surface area contributed by atoms with Crippen LogP contribution in [-0.2, 0) is 28.1 Å². The first-order valence-electron chi connectivity index (χ1n) is 11.4. The second-order valence-corrected chi connectivity index (χ2v) is 9.34. The highest BCUT2D eigenvalue weighted by molar-refractivity contribution is 6.09. The fourth-order valence-corrected chi connectivity index (χ4v) is 5.40. The molecule has 2 unspecified atom stereocenters. The van der Waals surface area contributed by atoms with E-state index >= 15 is 0 Å². The number of aryl methyl sites for hydroxylation is 1. The number of hydrogen-bond donors (Lipinski definition) is 0. The molecule has 2 aliphatic carbocycles. The second-order valence-electron chi connectivity index (χ2n) is 9.34. The quantitative estimate of drug-likeness (QED) is 0.657. The lowest BCUT2D eigenvalue weighted by Gasteiger charge is -2.31. The molecule has 2 aromatic carbocycles. The van der Waals surface area contributed by atoms with Gasteiger partial charge in [0, 0.05) is 19.6 Å². The van der Waals surface area contributed by atoms with Crippen LogP contribution in [0.5, 0.6) is 0 Å². The smallest absolute Gasteiger partial charge is 0.328 e. The number of benzene rings is 2. The molecule has 2 fully saturated rings. The zero-order valence-corrected chi connectivity index (χ0v) is 18.7. The first-order chi connectivity index (χ1) is 15.4. The van der Waals surface area contributed by atoms with E-state index in [1.807, 2.05) is 59.5 Å². The Bertz CT molecular complexity index is 1060. The maximum atomic E-state index is 13.6. The fourth-order valence-electron chi connectivity index (χ4n) is 5.40. The monoisotopic (exact) mass is 431 g/mol. The normalized spacial score (nSPS) is 23.1. The van der Waals surface area contributed by atoms with Gasteiger partial charge >= 0.3 is 6.03 Å². The third-order valence-corrected chi connectivity index (χ3v) is 7.51. The van der Waals surface area contributed by atoms with E-state index in [2.05, 4.69) is 6.92 Å². The summed E-state index contributed by atoms with van der Waals surface area (Å²) in [7, 11) is 1.68. The molecule has 0 aromatic heterocycles. The Morgan fingerprint density at radius 3 is 2.50 bits per heavy atom. The predicted molar refractivity (Wildman–Crippen MR) is 120 cm³/mol. The summed E-state index contributed by atoms with van der Waals surface area (Å²) in [6, 6.07) is 17.4. The highest BCUT2D eigenvalue weighted by Gasteiger charge is 2.59. The molecule has 1 saturated heterocycles. The SMILES string of the molecule is CC(C1CC1)N(Cc1ccccc1)C(=O)CN1C(=O)N(C)C2(CCc3ccccc32)C1=O. The first-order valence-corrected chi connectivity index (χ1v) is 11.4. The number of carbonyl (C=O) groups is 3. The van der Waals surface area contributed by atoms with Gasteiger partial charge in [0.05, 0.1) is 0 Å². The highest BCUT2D eigenvalue weighted by Crippen LogP contribution is 2.46. The molecule has 0 N–H and O–H groups in total. The van der Waals surface area contributed by atoms with Crippen LogP contribution in [0.25, 0.3) is 0 Å². The number of carbonyl (C=O) groups excluding carboxylic acids is 3. The summed E-state index contributed by atoms with van der Waals surface area (Å²) in [5.41, 5.74) is 2.05. The van der Waals surface area contributed by atoms with Crippen molar-refractivity contribution >= 4 is 17.8 Å². The lowest BCUT2D eigenvalue weighted by Crippen LogP contribution is -2.47. The Kier molecular flexibility index (Phi) is 5.03. The number of urea groups is 1. The Balaban J connectivity index is 1.40. The van der Waals surface area contributed by atoms with E-state index in [9.17, 15) is 14.4 Å². The Morgan fingerprint density at radius 2 is 1.78 bits per heavy atom. The van der Waals surface area contributed by atoms with Crippen molar-refractivity contribution in [2.24, 2.45) is 5.92 Å². The molecule has 1 aliphatic heterocycles. The zero-order chi connectivity index (χ0) is 22.5. The molecule has 0 bridgehead atoms. The maximum absolute atomic E-state index is 13.6. The largest absolute Gasteiger partial charge is 0.334 e. The summed E-state index contributed by atoms with van der Waals surface area (Å²) < 4.78 is 0. The average molecular weight is 432 g/mol. The summed E-state index contributed by atoms with van der Waals surface area (Å²) in [4.78, 5) is 44.9. The fraction of sp³-hybridized carbons (Fsp3) is 0.423. The van der Waals surface area contributed by atoms with E-state index < -0.39 is 11.6 Å². The van der Waals surface area contributed by atoms with Gasteiger partial charge in [-0.2, -0.15) is 0 Å². The van der Waals surface area contributed by atoms with E-state index in [-0.39, 0.29) is 24.4 Å². The lowest BCUT2D eigenvalue weighted by atomic mass is 9.90. The molecule has 32 heavy (non-hydrogen) atoms. The van der Waals surface area contributed by atoms with Crippen molar-refractivity contribution in [2.45, 2.75) is 50.7 Å². The maximum Gasteiger partial charge on any atom is 0.328 e. The van der Waals surface area contributed by atoms with E-state index in [0.717, 1.165) is 36.0 Å². The summed E-state index contributed by atoms with van der Waals surface area (Å²) in [6.45, 7) is 2.35. The zero-order valence-electron chi connectivity index (χ0n) is 18.7. The molecule has 5 rings (SSSR count). The van der Waals surface area contributed by atoms with Crippen LogP contribution in [-0.4, -0.2) is 52.2 Å². The Hall–Kier alpha value is -3.15. The molecule has 0 radical (unpaired) electrons. The molecule has 2 atom stereocenters. The minimum atomic E-state index is -0.986. The van der Waals surface area contributed by atoms with Crippen LogP contribution in [0.3, 0.4) is 0 Å². The van der Waals surface area contributed by atoms with Gasteiger partial charge in [-0.1, -0.05) is 54.6 Å². The predicted octanol–water partition coefficient (Wildman–Crippen LogP) is 3.55. The first kappa shape index (κ1) is 20.7. The van der Waals surface area contributed by atoms with Gasteiger partial charge in [-0.15, -0.1) is 0 Å². The van der Waals surface area contributed by atoms with Crippen LogP contribution in [0.2, 0.25) is 0 Å². The Morgan fingerprint density at radius 1 is 1.09 bits per heavy atom. The van der Waals surface area contributed by atoms with Gasteiger partial charge in [0.15, 0.2) is 0 Å². The molecule has 1 saturated carbocycles. The minimum absolute atomic E-state index is 0.0782. The molecule has 1 spiro atoms. The number of likely N-dealkylation sites (N-methyl/N-ethyl adjacent to an activating group) is 1. The van der Waals surface area contributed by atoms with E-state index in [1.165, 1.54) is 4.90 Å². The topological polar surface area (TPSA) is 60.9 Å². The number of hydrogen-bond acceptors (Lipinski definition) is 3. The third kappa shape index (κ3) is 3.20. The van der Waals surface area contributed by atoms with Crippen molar-refractivity contribution in [3.8, 4) is 0 Å². The van der Waals surface area contributed by atoms with E-state index in [1.54, 1.807) is 11.9 Å². The van der Waals surface area contributed by atoms with Crippen molar-refractivity contribution in [3.05, 3.63) is 71.3 Å². The lowest BCUT2D eigenvalue weighted by molar-refractivity contribution is -0.141. The van der Waals surface area contributed by atoms with Crippen LogP contribution in [0.15, 0.2) is 54.6 Å².